The molecule has 0 aromatic rings. The minimum Gasteiger partial charge on any atom is -0.478 e. The molecule has 0 spiro atoms. The molecular weight excluding hydrogens is 178 g/mol. The Balaban J connectivity index is 4.29. The molecule has 0 aromatic carbocycles. The molecule has 0 saturated heterocycles. The quantitative estimate of drug-likeness (QED) is 0.665. The third-order valence-corrected chi connectivity index (χ3v) is 2.77. The van der Waals surface area contributed by atoms with Crippen molar-refractivity contribution in [2.24, 2.45) is 5.92 Å². The van der Waals surface area contributed by atoms with Gasteiger partial charge in [-0.05, 0) is 39.8 Å². The first-order chi connectivity index (χ1) is 6.40. The van der Waals surface area contributed by atoms with Crippen LogP contribution in [-0.4, -0.2) is 36.1 Å². The SMILES string of the molecule is C=C(C(=O)O)C(CC)CC(C)N(C)C. The Morgan fingerprint density at radius 1 is 1.50 bits per heavy atom. The molecule has 0 aliphatic carbocycles. The average molecular weight is 199 g/mol. The molecule has 0 aromatic heterocycles. The number of carbonyl (C=O) groups is 1. The van der Waals surface area contributed by atoms with E-state index in [0.717, 1.165) is 12.8 Å². The number of aliphatic carboxylic acids is 1. The fourth-order valence-corrected chi connectivity index (χ4v) is 1.35. The lowest BCUT2D eigenvalue weighted by Crippen LogP contribution is -2.28. The van der Waals surface area contributed by atoms with Gasteiger partial charge >= 0.3 is 5.97 Å². The van der Waals surface area contributed by atoms with Crippen molar-refractivity contribution < 1.29 is 9.90 Å². The van der Waals surface area contributed by atoms with Gasteiger partial charge in [-0.1, -0.05) is 13.5 Å². The van der Waals surface area contributed by atoms with Crippen molar-refractivity contribution in [2.75, 3.05) is 14.1 Å². The number of hydrogen-bond acceptors (Lipinski definition) is 2. The first-order valence-electron chi connectivity index (χ1n) is 4.98. The van der Waals surface area contributed by atoms with Crippen molar-refractivity contribution in [3.63, 3.8) is 0 Å². The number of nitrogens with zero attached hydrogens (tertiary/aromatic N) is 1. The molecule has 0 saturated carbocycles. The summed E-state index contributed by atoms with van der Waals surface area (Å²) in [7, 11) is 4.00. The van der Waals surface area contributed by atoms with Crippen molar-refractivity contribution in [1.82, 2.24) is 4.90 Å². The summed E-state index contributed by atoms with van der Waals surface area (Å²) in [5.74, 6) is -0.785. The molecule has 0 heterocycles. The zero-order chi connectivity index (χ0) is 11.3. The van der Waals surface area contributed by atoms with E-state index in [1.807, 2.05) is 21.0 Å². The van der Waals surface area contributed by atoms with E-state index in [-0.39, 0.29) is 5.92 Å². The molecule has 1 N–H and O–H groups in total. The Morgan fingerprint density at radius 3 is 2.29 bits per heavy atom. The van der Waals surface area contributed by atoms with Gasteiger partial charge < -0.3 is 10.0 Å². The van der Waals surface area contributed by atoms with E-state index in [4.69, 9.17) is 5.11 Å². The first kappa shape index (κ1) is 13.2. The van der Waals surface area contributed by atoms with Gasteiger partial charge in [0.25, 0.3) is 0 Å². The predicted molar refractivity (Wildman–Crippen MR) is 58.3 cm³/mol. The summed E-state index contributed by atoms with van der Waals surface area (Å²) in [6, 6.07) is 0.385. The van der Waals surface area contributed by atoms with Gasteiger partial charge in [-0.15, -0.1) is 0 Å². The standard InChI is InChI=1S/C11H21NO2/c1-6-10(9(3)11(13)14)7-8(2)12(4)5/h8,10H,3,6-7H2,1-2,4-5H3,(H,13,14). The number of carboxylic acid groups (broad SMARTS) is 1. The number of rotatable bonds is 6. The normalized spacial score (nSPS) is 15.2. The van der Waals surface area contributed by atoms with Crippen molar-refractivity contribution in [3.8, 4) is 0 Å². The summed E-state index contributed by atoms with van der Waals surface area (Å²) in [6.07, 6.45) is 1.69. The Bertz CT molecular complexity index is 211. The maximum absolute atomic E-state index is 10.7. The minimum absolute atomic E-state index is 0.0879. The van der Waals surface area contributed by atoms with E-state index < -0.39 is 5.97 Å². The fourth-order valence-electron chi connectivity index (χ4n) is 1.35. The topological polar surface area (TPSA) is 40.5 Å². The van der Waals surface area contributed by atoms with Gasteiger partial charge in [-0.2, -0.15) is 0 Å². The van der Waals surface area contributed by atoms with Crippen LogP contribution in [0.25, 0.3) is 0 Å². The highest BCUT2D eigenvalue weighted by Crippen LogP contribution is 2.21. The van der Waals surface area contributed by atoms with Crippen LogP contribution in [0, 0.1) is 5.92 Å². The highest BCUT2D eigenvalue weighted by atomic mass is 16.4. The Morgan fingerprint density at radius 2 is 2.00 bits per heavy atom. The van der Waals surface area contributed by atoms with E-state index in [0.29, 0.717) is 11.6 Å². The van der Waals surface area contributed by atoms with Crippen LogP contribution in [0.2, 0.25) is 0 Å². The lowest BCUT2D eigenvalue weighted by molar-refractivity contribution is -0.133. The Labute approximate surface area is 86.4 Å². The zero-order valence-electron chi connectivity index (χ0n) is 9.58. The van der Waals surface area contributed by atoms with E-state index in [1.54, 1.807) is 0 Å². The molecule has 3 nitrogen and oxygen atoms in total. The maximum atomic E-state index is 10.7. The van der Waals surface area contributed by atoms with Gasteiger partial charge in [-0.3, -0.25) is 0 Å². The van der Waals surface area contributed by atoms with Crippen LogP contribution >= 0.6 is 0 Å². The van der Waals surface area contributed by atoms with E-state index >= 15 is 0 Å². The van der Waals surface area contributed by atoms with E-state index in [1.165, 1.54) is 0 Å². The second-order valence-corrected chi connectivity index (χ2v) is 3.98. The lowest BCUT2D eigenvalue weighted by Gasteiger charge is -2.24. The minimum atomic E-state index is -0.872. The monoisotopic (exact) mass is 199 g/mol. The Kier molecular flexibility index (Phi) is 5.46. The molecule has 2 atom stereocenters. The molecule has 0 bridgehead atoms. The summed E-state index contributed by atoms with van der Waals surface area (Å²) in [5.41, 5.74) is 0.334. The molecule has 14 heavy (non-hydrogen) atoms. The van der Waals surface area contributed by atoms with Crippen LogP contribution in [0.4, 0.5) is 0 Å². The molecule has 3 heteroatoms. The number of carboxylic acids is 1. The molecule has 0 aliphatic heterocycles. The molecule has 0 amide bonds. The van der Waals surface area contributed by atoms with Gasteiger partial charge in [0, 0.05) is 11.6 Å². The van der Waals surface area contributed by atoms with Crippen LogP contribution < -0.4 is 0 Å². The van der Waals surface area contributed by atoms with Gasteiger partial charge in [0.2, 0.25) is 0 Å². The van der Waals surface area contributed by atoms with Crippen LogP contribution in [0.15, 0.2) is 12.2 Å². The summed E-state index contributed by atoms with van der Waals surface area (Å²) < 4.78 is 0. The zero-order valence-corrected chi connectivity index (χ0v) is 9.58. The maximum Gasteiger partial charge on any atom is 0.331 e. The first-order valence-corrected chi connectivity index (χ1v) is 4.98. The van der Waals surface area contributed by atoms with E-state index in [2.05, 4.69) is 18.4 Å². The van der Waals surface area contributed by atoms with Crippen molar-refractivity contribution in [2.45, 2.75) is 32.7 Å². The van der Waals surface area contributed by atoms with Gasteiger partial charge in [0.05, 0.1) is 0 Å². The summed E-state index contributed by atoms with van der Waals surface area (Å²) in [5, 5.41) is 8.82. The van der Waals surface area contributed by atoms with Gasteiger partial charge in [-0.25, -0.2) is 4.79 Å². The molecule has 2 unspecified atom stereocenters. The fraction of sp³-hybridized carbons (Fsp3) is 0.727. The van der Waals surface area contributed by atoms with Crippen molar-refractivity contribution in [3.05, 3.63) is 12.2 Å². The lowest BCUT2D eigenvalue weighted by atomic mass is 9.91. The van der Waals surface area contributed by atoms with Crippen LogP contribution in [0.1, 0.15) is 26.7 Å². The highest BCUT2D eigenvalue weighted by molar-refractivity contribution is 5.86. The second kappa shape index (κ2) is 5.81. The number of hydrogen-bond donors (Lipinski definition) is 1. The van der Waals surface area contributed by atoms with Crippen LogP contribution in [0.5, 0.6) is 0 Å². The smallest absolute Gasteiger partial charge is 0.331 e. The predicted octanol–water partition coefficient (Wildman–Crippen LogP) is 1.99. The van der Waals surface area contributed by atoms with Crippen LogP contribution in [0.3, 0.4) is 0 Å². The van der Waals surface area contributed by atoms with Gasteiger partial charge in [0.1, 0.15) is 0 Å². The largest absolute Gasteiger partial charge is 0.478 e. The molecule has 0 fully saturated rings. The highest BCUT2D eigenvalue weighted by Gasteiger charge is 2.19. The third-order valence-electron chi connectivity index (χ3n) is 2.77. The molecule has 0 radical (unpaired) electrons. The molecule has 0 aliphatic rings. The molecular formula is C11H21NO2. The average Bonchev–Trinajstić information content (AvgIpc) is 2.12. The Hall–Kier alpha value is -0.830. The van der Waals surface area contributed by atoms with Gasteiger partial charge in [0.15, 0.2) is 0 Å². The van der Waals surface area contributed by atoms with E-state index in [9.17, 15) is 4.79 Å². The van der Waals surface area contributed by atoms with Crippen LogP contribution in [-0.2, 0) is 4.79 Å². The molecule has 82 valence electrons. The summed E-state index contributed by atoms with van der Waals surface area (Å²) in [4.78, 5) is 12.8. The van der Waals surface area contributed by atoms with Crippen molar-refractivity contribution in [1.29, 1.82) is 0 Å². The summed E-state index contributed by atoms with van der Waals surface area (Å²) >= 11 is 0. The third kappa shape index (κ3) is 3.92. The summed E-state index contributed by atoms with van der Waals surface area (Å²) in [6.45, 7) is 7.72. The second-order valence-electron chi connectivity index (χ2n) is 3.98. The molecule has 0 rings (SSSR count). The van der Waals surface area contributed by atoms with Crippen molar-refractivity contribution >= 4 is 5.97 Å².